The van der Waals surface area contributed by atoms with Crippen molar-refractivity contribution < 1.29 is 9.47 Å². The topological polar surface area (TPSA) is 43.4 Å². The highest BCUT2D eigenvalue weighted by Gasteiger charge is 2.08. The van der Waals surface area contributed by atoms with Gasteiger partial charge in [-0.3, -0.25) is 0 Å². The van der Waals surface area contributed by atoms with Crippen molar-refractivity contribution in [3.63, 3.8) is 0 Å². The van der Waals surface area contributed by atoms with Crippen molar-refractivity contribution in [1.29, 1.82) is 0 Å². The number of benzene rings is 1. The summed E-state index contributed by atoms with van der Waals surface area (Å²) in [4.78, 5) is 4.10. The molecule has 0 radical (unpaired) electrons. The second-order valence-electron chi connectivity index (χ2n) is 4.64. The summed E-state index contributed by atoms with van der Waals surface area (Å²) < 4.78 is 10.6. The number of pyridine rings is 1. The quantitative estimate of drug-likeness (QED) is 0.738. The predicted molar refractivity (Wildman–Crippen MR) is 89.1 cm³/mol. The van der Waals surface area contributed by atoms with Gasteiger partial charge in [0.2, 0.25) is 5.88 Å². The number of halogens is 2. The van der Waals surface area contributed by atoms with Crippen LogP contribution >= 0.6 is 23.2 Å². The molecule has 1 heterocycles. The van der Waals surface area contributed by atoms with Crippen molar-refractivity contribution in [2.45, 2.75) is 13.0 Å². The lowest BCUT2D eigenvalue weighted by Gasteiger charge is -2.10. The molecular formula is C16H18Cl2N2O2. The summed E-state index contributed by atoms with van der Waals surface area (Å²) in [6, 6.07) is 9.30. The largest absolute Gasteiger partial charge is 0.494 e. The third-order valence-corrected chi connectivity index (χ3v) is 3.54. The van der Waals surface area contributed by atoms with Gasteiger partial charge in [0.05, 0.1) is 23.8 Å². The zero-order valence-corrected chi connectivity index (χ0v) is 13.8. The summed E-state index contributed by atoms with van der Waals surface area (Å²) in [6.45, 7) is 2.13. The molecule has 1 aromatic heterocycles. The van der Waals surface area contributed by atoms with E-state index in [0.29, 0.717) is 34.8 Å². The van der Waals surface area contributed by atoms with Crippen LogP contribution in [0.4, 0.5) is 0 Å². The fraction of sp³-hybridized carbons (Fsp3) is 0.312. The molecule has 6 heteroatoms. The number of nitrogens with zero attached hydrogens (tertiary/aromatic N) is 1. The average Bonchev–Trinajstić information content (AvgIpc) is 2.51. The summed E-state index contributed by atoms with van der Waals surface area (Å²) in [5, 5.41) is 4.36. The Hall–Kier alpha value is -1.49. The summed E-state index contributed by atoms with van der Waals surface area (Å²) >= 11 is 12.2. The Kier molecular flexibility index (Phi) is 6.77. The van der Waals surface area contributed by atoms with E-state index in [-0.39, 0.29) is 0 Å². The number of hydrogen-bond acceptors (Lipinski definition) is 4. The molecule has 0 saturated carbocycles. The van der Waals surface area contributed by atoms with Crippen molar-refractivity contribution in [1.82, 2.24) is 10.3 Å². The van der Waals surface area contributed by atoms with Gasteiger partial charge in [-0.15, -0.1) is 0 Å². The smallest absolute Gasteiger partial charge is 0.213 e. The lowest BCUT2D eigenvalue weighted by Crippen LogP contribution is -2.17. The second kappa shape index (κ2) is 8.83. The van der Waals surface area contributed by atoms with Crippen molar-refractivity contribution in [2.24, 2.45) is 0 Å². The fourth-order valence-electron chi connectivity index (χ4n) is 1.95. The standard InChI is InChI=1S/C16H18Cl2N2O2/c1-21-16-13(17)9-12(10-14(16)18)11-19-6-4-8-22-15-5-2-3-7-20-15/h2-3,5,7,9-10,19H,4,6,8,11H2,1H3. The average molecular weight is 341 g/mol. The van der Waals surface area contributed by atoms with Crippen molar-refractivity contribution >= 4 is 23.2 Å². The minimum absolute atomic E-state index is 0.510. The van der Waals surface area contributed by atoms with Gasteiger partial charge in [-0.1, -0.05) is 29.3 Å². The SMILES string of the molecule is COc1c(Cl)cc(CNCCCOc2ccccn2)cc1Cl. The van der Waals surface area contributed by atoms with Crippen LogP contribution in [0.5, 0.6) is 11.6 Å². The van der Waals surface area contributed by atoms with E-state index in [0.717, 1.165) is 18.5 Å². The molecule has 22 heavy (non-hydrogen) atoms. The molecule has 0 unspecified atom stereocenters. The lowest BCUT2D eigenvalue weighted by atomic mass is 10.2. The van der Waals surface area contributed by atoms with Crippen LogP contribution in [0.15, 0.2) is 36.5 Å². The maximum atomic E-state index is 6.10. The number of aromatic nitrogens is 1. The minimum atomic E-state index is 0.510. The number of ether oxygens (including phenoxy) is 2. The Balaban J connectivity index is 1.69. The maximum absolute atomic E-state index is 6.10. The molecule has 2 rings (SSSR count). The summed E-state index contributed by atoms with van der Waals surface area (Å²) in [6.07, 6.45) is 2.60. The van der Waals surface area contributed by atoms with Crippen LogP contribution in [0, 0.1) is 0 Å². The van der Waals surface area contributed by atoms with Crippen molar-refractivity contribution in [3.8, 4) is 11.6 Å². The molecule has 0 bridgehead atoms. The Morgan fingerprint density at radius 2 is 1.95 bits per heavy atom. The van der Waals surface area contributed by atoms with E-state index < -0.39 is 0 Å². The van der Waals surface area contributed by atoms with E-state index in [4.69, 9.17) is 32.7 Å². The van der Waals surface area contributed by atoms with Crippen molar-refractivity contribution in [3.05, 3.63) is 52.1 Å². The molecule has 0 atom stereocenters. The first kappa shape index (κ1) is 16.9. The molecule has 0 amide bonds. The molecule has 2 aromatic rings. The van der Waals surface area contributed by atoms with Crippen LogP contribution in [0.1, 0.15) is 12.0 Å². The Labute approximate surface area is 140 Å². The third kappa shape index (κ3) is 5.05. The first-order chi connectivity index (χ1) is 10.7. The Morgan fingerprint density at radius 1 is 1.18 bits per heavy atom. The number of nitrogens with one attached hydrogen (secondary N) is 1. The van der Waals surface area contributed by atoms with Crippen LogP contribution < -0.4 is 14.8 Å². The van der Waals surface area contributed by atoms with E-state index in [1.807, 2.05) is 30.3 Å². The zero-order chi connectivity index (χ0) is 15.8. The van der Waals surface area contributed by atoms with Gasteiger partial charge < -0.3 is 14.8 Å². The summed E-state index contributed by atoms with van der Waals surface area (Å²) in [5.74, 6) is 1.16. The van der Waals surface area contributed by atoms with Crippen LogP contribution in [-0.4, -0.2) is 25.2 Å². The molecule has 1 N–H and O–H groups in total. The van der Waals surface area contributed by atoms with Gasteiger partial charge in [0, 0.05) is 18.8 Å². The summed E-state index contributed by atoms with van der Waals surface area (Å²) in [5.41, 5.74) is 1.02. The van der Waals surface area contributed by atoms with Gasteiger partial charge in [-0.25, -0.2) is 4.98 Å². The number of rotatable bonds is 8. The molecule has 0 aliphatic heterocycles. The third-order valence-electron chi connectivity index (χ3n) is 2.98. The van der Waals surface area contributed by atoms with Crippen LogP contribution in [0.3, 0.4) is 0 Å². The molecule has 0 spiro atoms. The van der Waals surface area contributed by atoms with Gasteiger partial charge in [0.15, 0.2) is 5.75 Å². The molecule has 118 valence electrons. The molecule has 0 aliphatic carbocycles. The second-order valence-corrected chi connectivity index (χ2v) is 5.45. The molecule has 0 fully saturated rings. The Morgan fingerprint density at radius 3 is 2.59 bits per heavy atom. The van der Waals surface area contributed by atoms with Crippen LogP contribution in [0.2, 0.25) is 10.0 Å². The van der Waals surface area contributed by atoms with Crippen LogP contribution in [-0.2, 0) is 6.54 Å². The highest BCUT2D eigenvalue weighted by molar-refractivity contribution is 6.37. The first-order valence-electron chi connectivity index (χ1n) is 6.97. The van der Waals surface area contributed by atoms with E-state index in [1.165, 1.54) is 0 Å². The maximum Gasteiger partial charge on any atom is 0.213 e. The highest BCUT2D eigenvalue weighted by Crippen LogP contribution is 2.33. The number of methoxy groups -OCH3 is 1. The monoisotopic (exact) mass is 340 g/mol. The zero-order valence-electron chi connectivity index (χ0n) is 12.3. The molecule has 0 saturated heterocycles. The predicted octanol–water partition coefficient (Wildman–Crippen LogP) is 3.96. The highest BCUT2D eigenvalue weighted by atomic mass is 35.5. The van der Waals surface area contributed by atoms with Crippen LogP contribution in [0.25, 0.3) is 0 Å². The van der Waals surface area contributed by atoms with E-state index >= 15 is 0 Å². The molecular weight excluding hydrogens is 323 g/mol. The summed E-state index contributed by atoms with van der Waals surface area (Å²) in [7, 11) is 1.55. The van der Waals surface area contributed by atoms with Crippen molar-refractivity contribution in [2.75, 3.05) is 20.3 Å². The Bertz CT molecular complexity index is 571. The first-order valence-corrected chi connectivity index (χ1v) is 7.72. The van der Waals surface area contributed by atoms with Gasteiger partial charge in [0.25, 0.3) is 0 Å². The van der Waals surface area contributed by atoms with Gasteiger partial charge in [-0.2, -0.15) is 0 Å². The normalized spacial score (nSPS) is 10.5. The van der Waals surface area contributed by atoms with Gasteiger partial charge in [-0.05, 0) is 36.7 Å². The minimum Gasteiger partial charge on any atom is -0.494 e. The van der Waals surface area contributed by atoms with E-state index in [2.05, 4.69) is 10.3 Å². The molecule has 4 nitrogen and oxygen atoms in total. The number of hydrogen-bond donors (Lipinski definition) is 1. The fourth-order valence-corrected chi connectivity index (χ4v) is 2.64. The van der Waals surface area contributed by atoms with Gasteiger partial charge in [0.1, 0.15) is 0 Å². The molecule has 0 aliphatic rings. The van der Waals surface area contributed by atoms with E-state index in [9.17, 15) is 0 Å². The van der Waals surface area contributed by atoms with E-state index in [1.54, 1.807) is 13.3 Å². The lowest BCUT2D eigenvalue weighted by molar-refractivity contribution is 0.296. The van der Waals surface area contributed by atoms with Gasteiger partial charge >= 0.3 is 0 Å². The molecule has 1 aromatic carbocycles.